The predicted octanol–water partition coefficient (Wildman–Crippen LogP) is 5.50. The van der Waals surface area contributed by atoms with Crippen LogP contribution in [-0.2, 0) is 6.54 Å². The number of rotatable bonds is 8. The Labute approximate surface area is 192 Å². The Morgan fingerprint density at radius 2 is 1.88 bits per heavy atom. The molecule has 0 unspecified atom stereocenters. The van der Waals surface area contributed by atoms with Gasteiger partial charge in [-0.3, -0.25) is 0 Å². The molecule has 3 heterocycles. The second-order valence-corrected chi connectivity index (χ2v) is 8.07. The molecule has 5 rings (SSSR count). The lowest BCUT2D eigenvalue weighted by molar-refractivity contribution is 0.463. The number of ether oxygens (including phenoxy) is 1. The van der Waals surface area contributed by atoms with E-state index in [1.54, 1.807) is 6.20 Å². The van der Waals surface area contributed by atoms with E-state index in [2.05, 4.69) is 52.0 Å². The van der Waals surface area contributed by atoms with Crippen molar-refractivity contribution in [3.05, 3.63) is 90.6 Å². The van der Waals surface area contributed by atoms with Crippen molar-refractivity contribution in [2.24, 2.45) is 0 Å². The van der Waals surface area contributed by atoms with E-state index in [0.29, 0.717) is 5.88 Å². The second kappa shape index (κ2) is 9.16. The fraction of sp³-hybridized carbons (Fsp3) is 0.192. The van der Waals surface area contributed by atoms with Crippen molar-refractivity contribution in [2.75, 3.05) is 11.9 Å². The third-order valence-corrected chi connectivity index (χ3v) is 5.69. The number of imidazole rings is 1. The van der Waals surface area contributed by atoms with Gasteiger partial charge in [0, 0.05) is 37.1 Å². The third kappa shape index (κ3) is 4.57. The molecule has 0 aliphatic rings. The van der Waals surface area contributed by atoms with Gasteiger partial charge in [0.25, 0.3) is 0 Å². The van der Waals surface area contributed by atoms with Crippen molar-refractivity contribution in [2.45, 2.75) is 26.8 Å². The summed E-state index contributed by atoms with van der Waals surface area (Å²) in [6.45, 7) is 5.91. The average Bonchev–Trinajstić information content (AvgIpc) is 3.49. The quantitative estimate of drug-likeness (QED) is 0.324. The number of nitrogens with one attached hydrogen (secondary N) is 1. The second-order valence-electron chi connectivity index (χ2n) is 8.07. The standard InChI is InChI=1S/C26H26N6O/c1-19-9-10-21(15-20(19)2)23-17-29-32-24(28-11-6-13-31-14-12-27-18-31)16-25(30-26(23)32)33-22-7-4-3-5-8-22/h3-5,7-10,12,14-18,28H,6,11,13H2,1-2H3. The molecule has 7 heteroatoms. The predicted molar refractivity (Wildman–Crippen MR) is 130 cm³/mol. The van der Waals surface area contributed by atoms with Crippen molar-refractivity contribution in [1.29, 1.82) is 0 Å². The van der Waals surface area contributed by atoms with Gasteiger partial charge >= 0.3 is 0 Å². The van der Waals surface area contributed by atoms with Gasteiger partial charge in [0.2, 0.25) is 5.88 Å². The Morgan fingerprint density at radius 3 is 2.67 bits per heavy atom. The zero-order chi connectivity index (χ0) is 22.6. The van der Waals surface area contributed by atoms with Crippen LogP contribution in [0.4, 0.5) is 5.82 Å². The number of nitrogens with zero attached hydrogens (tertiary/aromatic N) is 5. The van der Waals surface area contributed by atoms with Crippen LogP contribution in [0.5, 0.6) is 11.6 Å². The highest BCUT2D eigenvalue weighted by atomic mass is 16.5. The fourth-order valence-electron chi connectivity index (χ4n) is 3.74. The number of aromatic nitrogens is 5. The molecule has 1 N–H and O–H groups in total. The molecule has 0 amide bonds. The van der Waals surface area contributed by atoms with Gasteiger partial charge in [-0.2, -0.15) is 14.6 Å². The summed E-state index contributed by atoms with van der Waals surface area (Å²) in [7, 11) is 0. The van der Waals surface area contributed by atoms with E-state index in [-0.39, 0.29) is 0 Å². The number of hydrogen-bond acceptors (Lipinski definition) is 5. The normalized spacial score (nSPS) is 11.1. The highest BCUT2D eigenvalue weighted by Crippen LogP contribution is 2.30. The van der Waals surface area contributed by atoms with Crippen LogP contribution in [0.25, 0.3) is 16.8 Å². The molecular weight excluding hydrogens is 412 g/mol. The molecule has 33 heavy (non-hydrogen) atoms. The van der Waals surface area contributed by atoms with Crippen molar-refractivity contribution in [3.8, 4) is 22.8 Å². The Balaban J connectivity index is 1.48. The van der Waals surface area contributed by atoms with Crippen LogP contribution in [0.3, 0.4) is 0 Å². The van der Waals surface area contributed by atoms with Gasteiger partial charge in [0.15, 0.2) is 5.65 Å². The summed E-state index contributed by atoms with van der Waals surface area (Å²) in [6.07, 6.45) is 8.42. The summed E-state index contributed by atoms with van der Waals surface area (Å²) in [4.78, 5) is 8.91. The summed E-state index contributed by atoms with van der Waals surface area (Å²) in [5, 5.41) is 8.15. The van der Waals surface area contributed by atoms with Gasteiger partial charge in [-0.1, -0.05) is 36.4 Å². The topological polar surface area (TPSA) is 69.3 Å². The number of para-hydroxylation sites is 1. The monoisotopic (exact) mass is 438 g/mol. The van der Waals surface area contributed by atoms with Crippen LogP contribution in [0.2, 0.25) is 0 Å². The van der Waals surface area contributed by atoms with Crippen molar-refractivity contribution in [3.63, 3.8) is 0 Å². The summed E-state index contributed by atoms with van der Waals surface area (Å²) >= 11 is 0. The molecule has 5 aromatic rings. The molecule has 0 saturated heterocycles. The van der Waals surface area contributed by atoms with E-state index < -0.39 is 0 Å². The van der Waals surface area contributed by atoms with Crippen LogP contribution in [0.1, 0.15) is 17.5 Å². The van der Waals surface area contributed by atoms with Gasteiger partial charge in [-0.15, -0.1) is 0 Å². The van der Waals surface area contributed by atoms with E-state index in [1.807, 2.05) is 59.6 Å². The molecule has 0 fully saturated rings. The van der Waals surface area contributed by atoms with Crippen LogP contribution >= 0.6 is 0 Å². The summed E-state index contributed by atoms with van der Waals surface area (Å²) < 4.78 is 10.0. The smallest absolute Gasteiger partial charge is 0.224 e. The maximum absolute atomic E-state index is 6.09. The summed E-state index contributed by atoms with van der Waals surface area (Å²) in [5.74, 6) is 2.11. The summed E-state index contributed by atoms with van der Waals surface area (Å²) in [5.41, 5.74) is 5.31. The van der Waals surface area contributed by atoms with E-state index in [9.17, 15) is 0 Å². The van der Waals surface area contributed by atoms with E-state index in [4.69, 9.17) is 9.72 Å². The van der Waals surface area contributed by atoms with Crippen molar-refractivity contribution >= 4 is 11.5 Å². The molecule has 2 aromatic carbocycles. The highest BCUT2D eigenvalue weighted by Gasteiger charge is 2.15. The third-order valence-electron chi connectivity index (χ3n) is 5.69. The average molecular weight is 439 g/mol. The minimum Gasteiger partial charge on any atom is -0.439 e. The van der Waals surface area contributed by atoms with Crippen molar-refractivity contribution < 1.29 is 4.74 Å². The Kier molecular flexibility index (Phi) is 5.76. The number of anilines is 1. The molecule has 0 aliphatic carbocycles. The first-order chi connectivity index (χ1) is 16.2. The van der Waals surface area contributed by atoms with Crippen LogP contribution in [0.15, 0.2) is 79.5 Å². The molecule has 0 aliphatic heterocycles. The SMILES string of the molecule is Cc1ccc(-c2cnn3c(NCCCn4ccnc4)cc(Oc4ccccc4)nc23)cc1C. The molecular formula is C26H26N6O. The molecule has 0 spiro atoms. The molecule has 3 aromatic heterocycles. The van der Waals surface area contributed by atoms with Crippen molar-refractivity contribution in [1.82, 2.24) is 24.1 Å². The molecule has 0 bridgehead atoms. The first kappa shape index (κ1) is 20.8. The number of hydrogen-bond donors (Lipinski definition) is 1. The number of fused-ring (bicyclic) bond motifs is 1. The lowest BCUT2D eigenvalue weighted by Gasteiger charge is -2.12. The molecule has 0 radical (unpaired) electrons. The van der Waals surface area contributed by atoms with Crippen LogP contribution < -0.4 is 10.1 Å². The lowest BCUT2D eigenvalue weighted by Crippen LogP contribution is -2.10. The Hall–Kier alpha value is -4.13. The number of benzene rings is 2. The zero-order valence-electron chi connectivity index (χ0n) is 18.8. The van der Waals surface area contributed by atoms with Crippen LogP contribution in [-0.4, -0.2) is 30.7 Å². The minimum absolute atomic E-state index is 0.524. The van der Waals surface area contributed by atoms with E-state index in [1.165, 1.54) is 11.1 Å². The Morgan fingerprint density at radius 1 is 1.00 bits per heavy atom. The first-order valence-corrected chi connectivity index (χ1v) is 11.1. The van der Waals surface area contributed by atoms with Gasteiger partial charge < -0.3 is 14.6 Å². The maximum atomic E-state index is 6.09. The highest BCUT2D eigenvalue weighted by molar-refractivity contribution is 5.79. The molecule has 0 atom stereocenters. The fourth-order valence-corrected chi connectivity index (χ4v) is 3.74. The molecule has 0 saturated carbocycles. The van der Waals surface area contributed by atoms with E-state index in [0.717, 1.165) is 47.9 Å². The van der Waals surface area contributed by atoms with Gasteiger partial charge in [0.1, 0.15) is 11.6 Å². The minimum atomic E-state index is 0.524. The molecule has 166 valence electrons. The lowest BCUT2D eigenvalue weighted by atomic mass is 10.0. The largest absolute Gasteiger partial charge is 0.439 e. The summed E-state index contributed by atoms with van der Waals surface area (Å²) in [6, 6.07) is 18.0. The maximum Gasteiger partial charge on any atom is 0.224 e. The van der Waals surface area contributed by atoms with Gasteiger partial charge in [-0.05, 0) is 49.1 Å². The zero-order valence-corrected chi connectivity index (χ0v) is 18.8. The first-order valence-electron chi connectivity index (χ1n) is 11.1. The number of aryl methyl sites for hydroxylation is 3. The Bertz CT molecular complexity index is 1360. The van der Waals surface area contributed by atoms with Gasteiger partial charge in [-0.25, -0.2) is 4.98 Å². The van der Waals surface area contributed by atoms with Gasteiger partial charge in [0.05, 0.1) is 12.5 Å². The molecule has 7 nitrogen and oxygen atoms in total. The van der Waals surface area contributed by atoms with E-state index >= 15 is 0 Å². The van der Waals surface area contributed by atoms with Crippen LogP contribution in [0, 0.1) is 13.8 Å².